The molecule has 0 aliphatic carbocycles. The quantitative estimate of drug-likeness (QED) is 0.879. The summed E-state index contributed by atoms with van der Waals surface area (Å²) in [4.78, 5) is 0. The van der Waals surface area contributed by atoms with Gasteiger partial charge >= 0.3 is 0 Å². The normalized spacial score (nSPS) is 19.1. The lowest BCUT2D eigenvalue weighted by molar-refractivity contribution is 0.134. The van der Waals surface area contributed by atoms with E-state index in [4.69, 9.17) is 0 Å². The van der Waals surface area contributed by atoms with Gasteiger partial charge in [0, 0.05) is 16.6 Å². The second kappa shape index (κ2) is 4.23. The van der Waals surface area contributed by atoms with Gasteiger partial charge in [-0.05, 0) is 18.9 Å². The van der Waals surface area contributed by atoms with Crippen molar-refractivity contribution in [3.63, 3.8) is 0 Å². The molecule has 0 spiro atoms. The number of halogens is 1. The minimum atomic E-state index is -0.479. The van der Waals surface area contributed by atoms with E-state index in [2.05, 4.69) is 26.1 Å². The van der Waals surface area contributed by atoms with Crippen molar-refractivity contribution >= 4 is 15.9 Å². The Bertz CT molecular complexity index is 552. The van der Waals surface area contributed by atoms with E-state index in [1.165, 1.54) is 0 Å². The predicted octanol–water partition coefficient (Wildman–Crippen LogP) is 2.53. The van der Waals surface area contributed by atoms with Crippen molar-refractivity contribution < 1.29 is 5.11 Å². The lowest BCUT2D eigenvalue weighted by Gasteiger charge is -2.19. The van der Waals surface area contributed by atoms with Gasteiger partial charge in [0.15, 0.2) is 11.6 Å². The topological polar surface area (TPSA) is 50.9 Å². The molecule has 1 unspecified atom stereocenters. The molecule has 5 heteroatoms. The van der Waals surface area contributed by atoms with Gasteiger partial charge in [-0.1, -0.05) is 34.1 Å². The molecule has 0 saturated carbocycles. The molecule has 0 fully saturated rings. The maximum Gasteiger partial charge on any atom is 0.165 e. The van der Waals surface area contributed by atoms with Gasteiger partial charge in [-0.2, -0.15) is 0 Å². The third-order valence-corrected chi connectivity index (χ3v) is 3.74. The molecule has 0 bridgehead atoms. The molecule has 1 N–H and O–H groups in total. The number of aromatic nitrogens is 3. The van der Waals surface area contributed by atoms with E-state index in [0.29, 0.717) is 5.82 Å². The summed E-state index contributed by atoms with van der Waals surface area (Å²) in [5.41, 5.74) is 1.01. The van der Waals surface area contributed by atoms with Crippen LogP contribution in [0.4, 0.5) is 0 Å². The number of hydrogen-bond donors (Lipinski definition) is 1. The molecule has 2 heterocycles. The van der Waals surface area contributed by atoms with Crippen molar-refractivity contribution in [2.75, 3.05) is 0 Å². The van der Waals surface area contributed by atoms with Gasteiger partial charge in [0.05, 0.1) is 0 Å². The van der Waals surface area contributed by atoms with E-state index in [-0.39, 0.29) is 0 Å². The van der Waals surface area contributed by atoms with Gasteiger partial charge in [0.2, 0.25) is 0 Å². The van der Waals surface area contributed by atoms with Crippen LogP contribution in [0.15, 0.2) is 28.7 Å². The predicted molar refractivity (Wildman–Crippen MR) is 67.4 cm³/mol. The van der Waals surface area contributed by atoms with E-state index >= 15 is 0 Å². The van der Waals surface area contributed by atoms with Crippen LogP contribution in [0.3, 0.4) is 0 Å². The first-order valence-corrected chi connectivity index (χ1v) is 6.43. The highest BCUT2D eigenvalue weighted by Gasteiger charge is 2.24. The standard InChI is InChI=1S/C12H12BrN3O/c13-9-5-2-1-4-8(9)11-14-15-12-10(17)6-3-7-16(11)12/h1-2,4-5,10,17H,3,6-7H2. The Morgan fingerprint density at radius 3 is 2.94 bits per heavy atom. The molecule has 0 radical (unpaired) electrons. The van der Waals surface area contributed by atoms with Crippen LogP contribution in [-0.2, 0) is 6.54 Å². The maximum atomic E-state index is 9.86. The summed E-state index contributed by atoms with van der Waals surface area (Å²) in [6.45, 7) is 0.871. The zero-order chi connectivity index (χ0) is 11.8. The number of aliphatic hydroxyl groups is 1. The number of hydrogen-bond acceptors (Lipinski definition) is 3. The first-order chi connectivity index (χ1) is 8.27. The van der Waals surface area contributed by atoms with Gasteiger partial charge in [0.1, 0.15) is 6.10 Å². The molecule has 3 rings (SSSR count). The Labute approximate surface area is 107 Å². The van der Waals surface area contributed by atoms with Gasteiger partial charge in [-0.25, -0.2) is 0 Å². The molecule has 0 amide bonds. The second-order valence-electron chi connectivity index (χ2n) is 4.17. The van der Waals surface area contributed by atoms with Crippen LogP contribution in [0, 0.1) is 0 Å². The van der Waals surface area contributed by atoms with Crippen molar-refractivity contribution in [1.82, 2.24) is 14.8 Å². The molecule has 1 aromatic carbocycles. The van der Waals surface area contributed by atoms with Gasteiger partial charge in [-0.15, -0.1) is 10.2 Å². The average Bonchev–Trinajstić information content (AvgIpc) is 2.75. The fraction of sp³-hybridized carbons (Fsp3) is 0.333. The lowest BCUT2D eigenvalue weighted by Crippen LogP contribution is -2.16. The van der Waals surface area contributed by atoms with Crippen LogP contribution < -0.4 is 0 Å². The van der Waals surface area contributed by atoms with E-state index < -0.39 is 6.10 Å². The first kappa shape index (κ1) is 10.9. The fourth-order valence-corrected chi connectivity index (χ4v) is 2.66. The van der Waals surface area contributed by atoms with Crippen molar-refractivity contribution in [1.29, 1.82) is 0 Å². The summed E-state index contributed by atoms with van der Waals surface area (Å²) in [6.07, 6.45) is 1.25. The van der Waals surface area contributed by atoms with Crippen LogP contribution in [0.2, 0.25) is 0 Å². The second-order valence-corrected chi connectivity index (χ2v) is 5.03. The van der Waals surface area contributed by atoms with Gasteiger partial charge < -0.3 is 9.67 Å². The van der Waals surface area contributed by atoms with E-state index in [0.717, 1.165) is 35.2 Å². The zero-order valence-electron chi connectivity index (χ0n) is 9.17. The number of fused-ring (bicyclic) bond motifs is 1. The molecule has 1 aliphatic heterocycles. The summed E-state index contributed by atoms with van der Waals surface area (Å²) >= 11 is 3.52. The van der Waals surface area contributed by atoms with Crippen LogP contribution in [0.5, 0.6) is 0 Å². The highest BCUT2D eigenvalue weighted by molar-refractivity contribution is 9.10. The minimum Gasteiger partial charge on any atom is -0.385 e. The van der Waals surface area contributed by atoms with Crippen LogP contribution in [0.1, 0.15) is 24.8 Å². The van der Waals surface area contributed by atoms with E-state index in [1.54, 1.807) is 0 Å². The number of rotatable bonds is 1. The first-order valence-electron chi connectivity index (χ1n) is 5.63. The monoisotopic (exact) mass is 293 g/mol. The molecular weight excluding hydrogens is 282 g/mol. The van der Waals surface area contributed by atoms with Gasteiger partial charge in [0.25, 0.3) is 0 Å². The Hall–Kier alpha value is -1.20. The van der Waals surface area contributed by atoms with Crippen molar-refractivity contribution in [2.24, 2.45) is 0 Å². The summed E-state index contributed by atoms with van der Waals surface area (Å²) in [6, 6.07) is 7.93. The average molecular weight is 294 g/mol. The SMILES string of the molecule is OC1CCCn2c(-c3ccccc3Br)nnc21. The summed E-state index contributed by atoms with van der Waals surface area (Å²) in [7, 11) is 0. The molecule has 17 heavy (non-hydrogen) atoms. The molecule has 1 aliphatic rings. The molecule has 2 aromatic rings. The third kappa shape index (κ3) is 1.79. The molecule has 88 valence electrons. The zero-order valence-corrected chi connectivity index (χ0v) is 10.8. The van der Waals surface area contributed by atoms with Crippen LogP contribution >= 0.6 is 15.9 Å². The smallest absolute Gasteiger partial charge is 0.165 e. The van der Waals surface area contributed by atoms with Crippen LogP contribution in [-0.4, -0.2) is 19.9 Å². The van der Waals surface area contributed by atoms with Crippen molar-refractivity contribution in [3.8, 4) is 11.4 Å². The third-order valence-electron chi connectivity index (χ3n) is 3.05. The summed E-state index contributed by atoms with van der Waals surface area (Å²) in [5.74, 6) is 1.51. The number of aliphatic hydroxyl groups excluding tert-OH is 1. The molecule has 0 saturated heterocycles. The highest BCUT2D eigenvalue weighted by atomic mass is 79.9. The van der Waals surface area contributed by atoms with Crippen LogP contribution in [0.25, 0.3) is 11.4 Å². The van der Waals surface area contributed by atoms with Crippen molar-refractivity contribution in [2.45, 2.75) is 25.5 Å². The number of nitrogens with zero attached hydrogens (tertiary/aromatic N) is 3. The van der Waals surface area contributed by atoms with Gasteiger partial charge in [-0.3, -0.25) is 0 Å². The molecule has 4 nitrogen and oxygen atoms in total. The lowest BCUT2D eigenvalue weighted by atomic mass is 10.1. The van der Waals surface area contributed by atoms with E-state index in [1.807, 2.05) is 28.8 Å². The summed E-state index contributed by atoms with van der Waals surface area (Å²) in [5, 5.41) is 18.2. The Morgan fingerprint density at radius 2 is 2.12 bits per heavy atom. The maximum absolute atomic E-state index is 9.86. The Balaban J connectivity index is 2.14. The largest absolute Gasteiger partial charge is 0.385 e. The Morgan fingerprint density at radius 1 is 1.29 bits per heavy atom. The fourth-order valence-electron chi connectivity index (χ4n) is 2.20. The highest BCUT2D eigenvalue weighted by Crippen LogP contribution is 2.31. The molecule has 1 atom stereocenters. The molecular formula is C12H12BrN3O. The van der Waals surface area contributed by atoms with Crippen molar-refractivity contribution in [3.05, 3.63) is 34.6 Å². The van der Waals surface area contributed by atoms with E-state index in [9.17, 15) is 5.11 Å². The molecule has 1 aromatic heterocycles. The summed E-state index contributed by atoms with van der Waals surface area (Å²) < 4.78 is 3.00. The number of benzene rings is 1. The Kier molecular flexibility index (Phi) is 2.72. The minimum absolute atomic E-state index is 0.479.